The van der Waals surface area contributed by atoms with Crippen molar-refractivity contribution in [2.75, 3.05) is 0 Å². The van der Waals surface area contributed by atoms with Crippen molar-refractivity contribution in [2.24, 2.45) is 0 Å². The first-order valence-electron chi connectivity index (χ1n) is 4.24. The molecule has 84 valence electrons. The third-order valence-electron chi connectivity index (χ3n) is 1.94. The number of aromatic nitrogens is 1. The van der Waals surface area contributed by atoms with Crippen LogP contribution in [0.1, 0.15) is 17.6 Å². The minimum absolute atomic E-state index is 0.0564. The van der Waals surface area contributed by atoms with Gasteiger partial charge < -0.3 is 4.42 Å². The molecule has 0 fully saturated rings. The highest BCUT2D eigenvalue weighted by molar-refractivity contribution is 8.13. The van der Waals surface area contributed by atoms with E-state index in [4.69, 9.17) is 15.1 Å². The molecule has 0 bridgehead atoms. The Morgan fingerprint density at radius 2 is 2.12 bits per heavy atom. The molecule has 0 aliphatic heterocycles. The lowest BCUT2D eigenvalue weighted by atomic mass is 10.3. The maximum Gasteiger partial charge on any atom is 0.263 e. The van der Waals surface area contributed by atoms with Crippen molar-refractivity contribution >= 4 is 36.6 Å². The van der Waals surface area contributed by atoms with Gasteiger partial charge in [0.05, 0.1) is 4.90 Å². The van der Waals surface area contributed by atoms with Crippen molar-refractivity contribution in [3.63, 3.8) is 0 Å². The Kier molecular flexibility index (Phi) is 2.47. The van der Waals surface area contributed by atoms with E-state index in [1.54, 1.807) is 0 Å². The van der Waals surface area contributed by atoms with Crippen molar-refractivity contribution < 1.29 is 17.6 Å². The topological polar surface area (TPSA) is 77.2 Å². The number of Topliss-reactive ketones (excluding diaryl/α,β-unsaturated/α-hetero) is 1. The third kappa shape index (κ3) is 1.94. The molecule has 0 amide bonds. The van der Waals surface area contributed by atoms with E-state index in [1.165, 1.54) is 25.1 Å². The molecule has 1 aromatic carbocycles. The molecular weight excluding hydrogens is 254 g/mol. The molecule has 2 aromatic rings. The summed E-state index contributed by atoms with van der Waals surface area (Å²) in [5.74, 6) is -0.384. The van der Waals surface area contributed by atoms with Crippen LogP contribution in [0.4, 0.5) is 0 Å². The molecule has 7 heteroatoms. The summed E-state index contributed by atoms with van der Waals surface area (Å²) in [5, 5.41) is 0. The van der Waals surface area contributed by atoms with E-state index in [-0.39, 0.29) is 22.2 Å². The molecule has 0 aliphatic rings. The first kappa shape index (κ1) is 11.1. The smallest absolute Gasteiger partial charge is 0.263 e. The fourth-order valence-electron chi connectivity index (χ4n) is 1.21. The highest BCUT2D eigenvalue weighted by Gasteiger charge is 2.14. The number of hydrogen-bond donors (Lipinski definition) is 0. The summed E-state index contributed by atoms with van der Waals surface area (Å²) in [6.45, 7) is 1.31. The maximum absolute atomic E-state index is 11.1. The van der Waals surface area contributed by atoms with Gasteiger partial charge in [0.1, 0.15) is 5.52 Å². The average molecular weight is 260 g/mol. The normalized spacial score (nSPS) is 11.9. The van der Waals surface area contributed by atoms with Gasteiger partial charge in [-0.2, -0.15) is 0 Å². The first-order valence-corrected chi connectivity index (χ1v) is 6.55. The minimum atomic E-state index is -3.81. The van der Waals surface area contributed by atoms with Gasteiger partial charge in [-0.15, -0.1) is 0 Å². The highest BCUT2D eigenvalue weighted by atomic mass is 35.7. The number of fused-ring (bicyclic) bond motifs is 1. The van der Waals surface area contributed by atoms with E-state index in [1.807, 2.05) is 0 Å². The minimum Gasteiger partial charge on any atom is -0.434 e. The van der Waals surface area contributed by atoms with Gasteiger partial charge in [0.15, 0.2) is 5.58 Å². The number of nitrogens with zero attached hydrogens (tertiary/aromatic N) is 1. The Hall–Kier alpha value is -1.40. The van der Waals surface area contributed by atoms with Crippen LogP contribution in [0.3, 0.4) is 0 Å². The molecule has 1 aromatic heterocycles. The molecule has 0 N–H and O–H groups in total. The van der Waals surface area contributed by atoms with Gasteiger partial charge >= 0.3 is 0 Å². The van der Waals surface area contributed by atoms with Gasteiger partial charge in [-0.25, -0.2) is 13.4 Å². The number of benzene rings is 1. The van der Waals surface area contributed by atoms with Crippen molar-refractivity contribution in [3.8, 4) is 0 Å². The van der Waals surface area contributed by atoms with Crippen LogP contribution in [0.15, 0.2) is 27.5 Å². The van der Waals surface area contributed by atoms with Gasteiger partial charge in [0, 0.05) is 23.7 Å². The summed E-state index contributed by atoms with van der Waals surface area (Å²) >= 11 is 0. The Morgan fingerprint density at radius 3 is 2.69 bits per heavy atom. The van der Waals surface area contributed by atoms with Crippen molar-refractivity contribution in [2.45, 2.75) is 11.8 Å². The molecule has 0 aliphatic carbocycles. The van der Waals surface area contributed by atoms with Crippen LogP contribution >= 0.6 is 10.7 Å². The largest absolute Gasteiger partial charge is 0.434 e. The molecule has 0 saturated carbocycles. The number of halogens is 1. The van der Waals surface area contributed by atoms with E-state index in [2.05, 4.69) is 4.98 Å². The average Bonchev–Trinajstić information content (AvgIpc) is 2.58. The summed E-state index contributed by atoms with van der Waals surface area (Å²) in [4.78, 5) is 14.8. The van der Waals surface area contributed by atoms with Crippen LogP contribution in [0.25, 0.3) is 11.1 Å². The van der Waals surface area contributed by atoms with E-state index in [0.29, 0.717) is 5.52 Å². The summed E-state index contributed by atoms with van der Waals surface area (Å²) in [6.07, 6.45) is 0. The maximum atomic E-state index is 11.1. The molecule has 5 nitrogen and oxygen atoms in total. The summed E-state index contributed by atoms with van der Waals surface area (Å²) < 4.78 is 27.2. The number of carbonyl (C=O) groups is 1. The second kappa shape index (κ2) is 3.57. The monoisotopic (exact) mass is 259 g/mol. The Morgan fingerprint density at radius 1 is 1.44 bits per heavy atom. The molecule has 0 unspecified atom stereocenters. The highest BCUT2D eigenvalue weighted by Crippen LogP contribution is 2.22. The van der Waals surface area contributed by atoms with E-state index >= 15 is 0 Å². The lowest BCUT2D eigenvalue weighted by Gasteiger charge is -1.93. The lowest BCUT2D eigenvalue weighted by molar-refractivity contribution is 0.0983. The van der Waals surface area contributed by atoms with Crippen molar-refractivity contribution in [1.29, 1.82) is 0 Å². The predicted octanol–water partition coefficient (Wildman–Crippen LogP) is 1.96. The van der Waals surface area contributed by atoms with Gasteiger partial charge in [-0.05, 0) is 12.1 Å². The molecule has 0 atom stereocenters. The van der Waals surface area contributed by atoms with Crippen LogP contribution in [0.5, 0.6) is 0 Å². The molecule has 1 heterocycles. The standard InChI is InChI=1S/C9H6ClNO4S/c1-5(12)9-11-7-3-2-6(16(10,13)14)4-8(7)15-9/h2-4H,1H3. The summed E-state index contributed by atoms with van der Waals surface area (Å²) in [6, 6.07) is 3.97. The molecule has 0 spiro atoms. The molecule has 16 heavy (non-hydrogen) atoms. The van der Waals surface area contributed by atoms with E-state index in [9.17, 15) is 13.2 Å². The number of carbonyl (C=O) groups excluding carboxylic acids is 1. The zero-order valence-electron chi connectivity index (χ0n) is 8.10. The Labute approximate surface area is 95.5 Å². The van der Waals surface area contributed by atoms with Gasteiger partial charge in [-0.3, -0.25) is 4.79 Å². The summed E-state index contributed by atoms with van der Waals surface area (Å²) in [5.41, 5.74) is 0.626. The fourth-order valence-corrected chi connectivity index (χ4v) is 1.97. The molecule has 0 radical (unpaired) electrons. The van der Waals surface area contributed by atoms with E-state index < -0.39 is 9.05 Å². The molecule has 2 rings (SSSR count). The van der Waals surface area contributed by atoms with Gasteiger partial charge in [0.25, 0.3) is 14.9 Å². The lowest BCUT2D eigenvalue weighted by Crippen LogP contribution is -1.89. The van der Waals surface area contributed by atoms with Crippen molar-refractivity contribution in [3.05, 3.63) is 24.1 Å². The number of oxazole rings is 1. The van der Waals surface area contributed by atoms with Gasteiger partial charge in [0.2, 0.25) is 5.78 Å². The Balaban J connectivity index is 2.67. The SMILES string of the molecule is CC(=O)c1nc2ccc(S(=O)(=O)Cl)cc2o1. The van der Waals surface area contributed by atoms with Crippen LogP contribution in [0.2, 0.25) is 0 Å². The zero-order valence-corrected chi connectivity index (χ0v) is 9.67. The first-order chi connectivity index (χ1) is 7.38. The number of ketones is 1. The third-order valence-corrected chi connectivity index (χ3v) is 3.29. The van der Waals surface area contributed by atoms with Crippen LogP contribution in [0, 0.1) is 0 Å². The number of hydrogen-bond acceptors (Lipinski definition) is 5. The zero-order chi connectivity index (χ0) is 11.9. The Bertz CT molecular complexity index is 674. The van der Waals surface area contributed by atoms with Crippen LogP contribution in [-0.2, 0) is 9.05 Å². The second-order valence-corrected chi connectivity index (χ2v) is 5.71. The van der Waals surface area contributed by atoms with Crippen LogP contribution in [-0.4, -0.2) is 19.2 Å². The quantitative estimate of drug-likeness (QED) is 0.609. The van der Waals surface area contributed by atoms with Crippen LogP contribution < -0.4 is 0 Å². The second-order valence-electron chi connectivity index (χ2n) is 3.14. The fraction of sp³-hybridized carbons (Fsp3) is 0.111. The van der Waals surface area contributed by atoms with E-state index in [0.717, 1.165) is 0 Å². The summed E-state index contributed by atoms with van der Waals surface area (Å²) in [7, 11) is 1.37. The van der Waals surface area contributed by atoms with Crippen molar-refractivity contribution in [1.82, 2.24) is 4.98 Å². The predicted molar refractivity (Wildman–Crippen MR) is 57.1 cm³/mol. The number of rotatable bonds is 2. The van der Waals surface area contributed by atoms with Gasteiger partial charge in [-0.1, -0.05) is 0 Å². The molecule has 0 saturated heterocycles. The molecular formula is C9H6ClNO4S.